The molecule has 0 aliphatic heterocycles. The largest absolute Gasteiger partial charge is 0.493 e. The van der Waals surface area contributed by atoms with Gasteiger partial charge in [0.05, 0.1) is 36.1 Å². The summed E-state index contributed by atoms with van der Waals surface area (Å²) in [6.07, 6.45) is 0. The fourth-order valence-corrected chi connectivity index (χ4v) is 4.48. The number of thioether (sulfide) groups is 1. The van der Waals surface area contributed by atoms with Crippen LogP contribution in [0, 0.1) is 11.6 Å². The van der Waals surface area contributed by atoms with Crippen molar-refractivity contribution >= 4 is 28.4 Å². The van der Waals surface area contributed by atoms with Gasteiger partial charge in [0, 0.05) is 11.6 Å². The number of methoxy groups -OCH3 is 2. The van der Waals surface area contributed by atoms with E-state index in [9.17, 15) is 18.4 Å². The monoisotopic (exact) mass is 482 g/mol. The van der Waals surface area contributed by atoms with Crippen molar-refractivity contribution in [3.05, 3.63) is 88.2 Å². The molecule has 0 fully saturated rings. The van der Waals surface area contributed by atoms with Crippen LogP contribution in [0.4, 0.5) is 8.78 Å². The molecule has 0 saturated carbocycles. The number of benzene rings is 3. The van der Waals surface area contributed by atoms with Gasteiger partial charge in [-0.25, -0.2) is 13.8 Å². The number of halogens is 2. The maximum absolute atomic E-state index is 13.7. The first-order valence-electron chi connectivity index (χ1n) is 10.2. The van der Waals surface area contributed by atoms with Gasteiger partial charge >= 0.3 is 0 Å². The first kappa shape index (κ1) is 23.4. The first-order valence-corrected chi connectivity index (χ1v) is 11.1. The molecule has 0 aliphatic carbocycles. The molecular formula is C25H20F2N2O4S. The fourth-order valence-electron chi connectivity index (χ4n) is 3.48. The Balaban J connectivity index is 1.82. The second-order valence-corrected chi connectivity index (χ2v) is 8.65. The normalized spacial score (nSPS) is 11.9. The molecule has 0 aliphatic rings. The molecule has 0 radical (unpaired) electrons. The van der Waals surface area contributed by atoms with E-state index in [0.29, 0.717) is 28.1 Å². The zero-order valence-corrected chi connectivity index (χ0v) is 19.4. The SMILES string of the molecule is COc1ccc(-n2c(S[C@@H](C)C(=O)c3ccc(F)c(F)c3)nc3ccccc3c2=O)cc1OC. The van der Waals surface area contributed by atoms with Crippen molar-refractivity contribution in [3.8, 4) is 17.2 Å². The van der Waals surface area contributed by atoms with Crippen molar-refractivity contribution in [1.29, 1.82) is 0 Å². The smallest absolute Gasteiger partial charge is 0.266 e. The van der Waals surface area contributed by atoms with Crippen LogP contribution >= 0.6 is 11.8 Å². The van der Waals surface area contributed by atoms with Crippen molar-refractivity contribution in [3.63, 3.8) is 0 Å². The maximum atomic E-state index is 13.7. The van der Waals surface area contributed by atoms with Crippen LogP contribution in [0.3, 0.4) is 0 Å². The number of Topliss-reactive ketones (excluding diaryl/α,β-unsaturated/α-hetero) is 1. The maximum Gasteiger partial charge on any atom is 0.266 e. The molecule has 1 heterocycles. The Labute approximate surface area is 198 Å². The lowest BCUT2D eigenvalue weighted by molar-refractivity contribution is 0.0993. The van der Waals surface area contributed by atoms with Gasteiger partial charge in [0.15, 0.2) is 34.1 Å². The summed E-state index contributed by atoms with van der Waals surface area (Å²) in [6, 6.07) is 14.9. The number of nitrogens with zero attached hydrogens (tertiary/aromatic N) is 2. The Kier molecular flexibility index (Phi) is 6.65. The van der Waals surface area contributed by atoms with E-state index in [0.717, 1.165) is 23.9 Å². The summed E-state index contributed by atoms with van der Waals surface area (Å²) in [4.78, 5) is 31.0. The number of para-hydroxylation sites is 1. The van der Waals surface area contributed by atoms with Gasteiger partial charge in [-0.05, 0) is 49.4 Å². The van der Waals surface area contributed by atoms with Crippen molar-refractivity contribution in [2.75, 3.05) is 14.2 Å². The van der Waals surface area contributed by atoms with E-state index in [1.165, 1.54) is 24.9 Å². The summed E-state index contributed by atoms with van der Waals surface area (Å²) in [6.45, 7) is 1.62. The highest BCUT2D eigenvalue weighted by Gasteiger charge is 2.23. The summed E-state index contributed by atoms with van der Waals surface area (Å²) in [5, 5.41) is -0.0788. The van der Waals surface area contributed by atoms with Gasteiger partial charge in [-0.2, -0.15) is 0 Å². The van der Waals surface area contributed by atoms with Gasteiger partial charge in [-0.15, -0.1) is 0 Å². The van der Waals surface area contributed by atoms with Gasteiger partial charge in [0.25, 0.3) is 5.56 Å². The number of carbonyl (C=O) groups excluding carboxylic acids is 1. The minimum absolute atomic E-state index is 0.0275. The van der Waals surface area contributed by atoms with Gasteiger partial charge in [0.2, 0.25) is 0 Å². The standard InChI is InChI=1S/C25H20F2N2O4S/c1-14(23(30)15-8-10-18(26)19(27)12-15)34-25-28-20-7-5-4-6-17(20)24(31)29(25)16-9-11-21(32-2)22(13-16)33-3/h4-14H,1-3H3/t14-/m0/s1. The average molecular weight is 483 g/mol. The second kappa shape index (κ2) is 9.64. The van der Waals surface area contributed by atoms with Crippen LogP contribution in [0.5, 0.6) is 11.5 Å². The quantitative estimate of drug-likeness (QED) is 0.209. The topological polar surface area (TPSA) is 70.4 Å². The van der Waals surface area contributed by atoms with Crippen LogP contribution in [0.1, 0.15) is 17.3 Å². The van der Waals surface area contributed by atoms with Gasteiger partial charge in [-0.1, -0.05) is 23.9 Å². The van der Waals surface area contributed by atoms with Crippen LogP contribution in [-0.4, -0.2) is 34.8 Å². The van der Waals surface area contributed by atoms with E-state index < -0.39 is 22.7 Å². The molecular weight excluding hydrogens is 462 g/mol. The van der Waals surface area contributed by atoms with Crippen LogP contribution in [0.15, 0.2) is 70.6 Å². The minimum Gasteiger partial charge on any atom is -0.493 e. The van der Waals surface area contributed by atoms with Crippen molar-refractivity contribution in [2.45, 2.75) is 17.3 Å². The third-order valence-electron chi connectivity index (χ3n) is 5.23. The highest BCUT2D eigenvalue weighted by molar-refractivity contribution is 8.00. The highest BCUT2D eigenvalue weighted by Crippen LogP contribution is 2.32. The number of aromatic nitrogens is 2. The van der Waals surface area contributed by atoms with E-state index in [4.69, 9.17) is 9.47 Å². The first-order chi connectivity index (χ1) is 16.3. The second-order valence-electron chi connectivity index (χ2n) is 7.34. The molecule has 174 valence electrons. The third kappa shape index (κ3) is 4.38. The van der Waals surface area contributed by atoms with Gasteiger partial charge in [0.1, 0.15) is 0 Å². The zero-order chi connectivity index (χ0) is 24.4. The average Bonchev–Trinajstić information content (AvgIpc) is 2.85. The Morgan fingerprint density at radius 3 is 2.41 bits per heavy atom. The molecule has 0 bridgehead atoms. The molecule has 0 saturated heterocycles. The zero-order valence-electron chi connectivity index (χ0n) is 18.5. The van der Waals surface area contributed by atoms with E-state index in [2.05, 4.69) is 4.98 Å². The molecule has 3 aromatic carbocycles. The number of rotatable bonds is 7. The number of fused-ring (bicyclic) bond motifs is 1. The molecule has 1 aromatic heterocycles. The van der Waals surface area contributed by atoms with E-state index >= 15 is 0 Å². The Bertz CT molecular complexity index is 1460. The molecule has 6 nitrogen and oxygen atoms in total. The summed E-state index contributed by atoms with van der Waals surface area (Å²) in [5.41, 5.74) is 0.641. The number of hydrogen-bond acceptors (Lipinski definition) is 6. The van der Waals surface area contributed by atoms with Gasteiger partial charge < -0.3 is 9.47 Å². The molecule has 4 rings (SSSR count). The lowest BCUT2D eigenvalue weighted by Crippen LogP contribution is -2.24. The molecule has 34 heavy (non-hydrogen) atoms. The van der Waals surface area contributed by atoms with Crippen LogP contribution in [0.25, 0.3) is 16.6 Å². The lowest BCUT2D eigenvalue weighted by atomic mass is 10.1. The van der Waals surface area contributed by atoms with Crippen molar-refractivity contribution < 1.29 is 23.0 Å². The fraction of sp³-hybridized carbons (Fsp3) is 0.160. The predicted molar refractivity (Wildman–Crippen MR) is 126 cm³/mol. The summed E-state index contributed by atoms with van der Waals surface area (Å²) in [7, 11) is 3.00. The predicted octanol–water partition coefficient (Wildman–Crippen LogP) is 5.04. The van der Waals surface area contributed by atoms with Crippen LogP contribution < -0.4 is 15.0 Å². The van der Waals surface area contributed by atoms with Crippen LogP contribution in [-0.2, 0) is 0 Å². The number of ketones is 1. The molecule has 0 unspecified atom stereocenters. The lowest BCUT2D eigenvalue weighted by Gasteiger charge is -2.17. The molecule has 0 N–H and O–H groups in total. The Hall–Kier alpha value is -3.72. The Morgan fingerprint density at radius 2 is 1.71 bits per heavy atom. The van der Waals surface area contributed by atoms with E-state index in [1.54, 1.807) is 49.4 Å². The summed E-state index contributed by atoms with van der Waals surface area (Å²) in [5.74, 6) is -1.65. The minimum atomic E-state index is -1.10. The summed E-state index contributed by atoms with van der Waals surface area (Å²) >= 11 is 1.04. The van der Waals surface area contributed by atoms with Crippen molar-refractivity contribution in [1.82, 2.24) is 9.55 Å². The summed E-state index contributed by atoms with van der Waals surface area (Å²) < 4.78 is 39.0. The molecule has 0 amide bonds. The number of hydrogen-bond donors (Lipinski definition) is 0. The van der Waals surface area contributed by atoms with Gasteiger partial charge in [-0.3, -0.25) is 14.2 Å². The number of carbonyl (C=O) groups is 1. The molecule has 4 aromatic rings. The number of ether oxygens (including phenoxy) is 2. The highest BCUT2D eigenvalue weighted by atomic mass is 32.2. The Morgan fingerprint density at radius 1 is 0.971 bits per heavy atom. The third-order valence-corrected chi connectivity index (χ3v) is 6.28. The van der Waals surface area contributed by atoms with E-state index in [-0.39, 0.29) is 16.3 Å². The molecule has 9 heteroatoms. The molecule has 0 spiro atoms. The van der Waals surface area contributed by atoms with E-state index in [1.807, 2.05) is 0 Å². The van der Waals surface area contributed by atoms with Crippen molar-refractivity contribution in [2.24, 2.45) is 0 Å². The van der Waals surface area contributed by atoms with Crippen LogP contribution in [0.2, 0.25) is 0 Å². The molecule has 1 atom stereocenters.